The van der Waals surface area contributed by atoms with Crippen LogP contribution in [0.2, 0.25) is 0 Å². The van der Waals surface area contributed by atoms with Gasteiger partial charge in [0.25, 0.3) is 0 Å². The summed E-state index contributed by atoms with van der Waals surface area (Å²) in [6.45, 7) is 0.217. The topological polar surface area (TPSA) is 21.6 Å². The van der Waals surface area contributed by atoms with Gasteiger partial charge in [0.1, 0.15) is 18.6 Å². The fraction of sp³-hybridized carbons (Fsp3) is 0.0714. The fourth-order valence-electron chi connectivity index (χ4n) is 1.37. The van der Waals surface area contributed by atoms with Crippen LogP contribution in [0.5, 0.6) is 0 Å². The molecule has 0 aliphatic carbocycles. The van der Waals surface area contributed by atoms with E-state index in [0.29, 0.717) is 0 Å². The molecule has 0 heterocycles. The van der Waals surface area contributed by atoms with E-state index in [2.05, 4.69) is 27.3 Å². The SMILES string of the molecule is Fc1cccc(CO/N=[C]\c2ccccc2Br)c1. The first-order valence-electron chi connectivity index (χ1n) is 5.33. The molecule has 2 rings (SSSR count). The first-order chi connectivity index (χ1) is 8.75. The summed E-state index contributed by atoms with van der Waals surface area (Å²) < 4.78 is 13.8. The molecule has 91 valence electrons. The highest BCUT2D eigenvalue weighted by atomic mass is 79.9. The monoisotopic (exact) mass is 306 g/mol. The van der Waals surface area contributed by atoms with E-state index in [4.69, 9.17) is 4.84 Å². The van der Waals surface area contributed by atoms with Crippen molar-refractivity contribution in [3.05, 3.63) is 69.9 Å². The van der Waals surface area contributed by atoms with Crippen molar-refractivity contribution >= 4 is 22.1 Å². The Labute approximate surface area is 113 Å². The van der Waals surface area contributed by atoms with E-state index in [0.717, 1.165) is 15.6 Å². The maximum atomic E-state index is 12.9. The summed E-state index contributed by atoms with van der Waals surface area (Å²) in [6, 6.07) is 13.8. The molecule has 0 aliphatic rings. The van der Waals surface area contributed by atoms with Crippen LogP contribution in [0.1, 0.15) is 11.1 Å². The van der Waals surface area contributed by atoms with Gasteiger partial charge in [0, 0.05) is 10.0 Å². The number of hydrogen-bond donors (Lipinski definition) is 0. The second kappa shape index (κ2) is 6.31. The molecule has 0 spiro atoms. The third-order valence-corrected chi connectivity index (χ3v) is 2.92. The minimum absolute atomic E-state index is 0.217. The molecule has 2 aromatic rings. The van der Waals surface area contributed by atoms with E-state index in [-0.39, 0.29) is 12.4 Å². The minimum atomic E-state index is -0.283. The Morgan fingerprint density at radius 3 is 2.78 bits per heavy atom. The summed E-state index contributed by atoms with van der Waals surface area (Å²) in [5.74, 6) is -0.283. The van der Waals surface area contributed by atoms with Crippen molar-refractivity contribution in [1.29, 1.82) is 0 Å². The van der Waals surface area contributed by atoms with Gasteiger partial charge < -0.3 is 4.84 Å². The maximum absolute atomic E-state index is 12.9. The lowest BCUT2D eigenvalue weighted by Gasteiger charge is -1.99. The first-order valence-corrected chi connectivity index (χ1v) is 6.12. The van der Waals surface area contributed by atoms with Gasteiger partial charge in [-0.15, -0.1) is 0 Å². The Bertz CT molecular complexity index is 557. The summed E-state index contributed by atoms with van der Waals surface area (Å²) in [6.07, 6.45) is 2.76. The predicted molar refractivity (Wildman–Crippen MR) is 71.9 cm³/mol. The quantitative estimate of drug-likeness (QED) is 0.617. The van der Waals surface area contributed by atoms with E-state index in [1.54, 1.807) is 12.1 Å². The molecule has 4 heteroatoms. The van der Waals surface area contributed by atoms with Crippen LogP contribution < -0.4 is 0 Å². The van der Waals surface area contributed by atoms with Gasteiger partial charge >= 0.3 is 0 Å². The van der Waals surface area contributed by atoms with Gasteiger partial charge in [0.2, 0.25) is 0 Å². The standard InChI is InChI=1S/C14H10BrFNO/c15-14-7-2-1-5-12(14)9-17-18-10-11-4-3-6-13(16)8-11/h1-8H,10H2. The van der Waals surface area contributed by atoms with Crippen molar-refractivity contribution in [1.82, 2.24) is 0 Å². The Morgan fingerprint density at radius 1 is 1.17 bits per heavy atom. The molecule has 0 saturated carbocycles. The van der Waals surface area contributed by atoms with Crippen LogP contribution in [0.4, 0.5) is 4.39 Å². The second-order valence-corrected chi connectivity index (χ2v) is 4.44. The van der Waals surface area contributed by atoms with E-state index in [1.165, 1.54) is 12.1 Å². The number of nitrogens with zero attached hydrogens (tertiary/aromatic N) is 1. The fourth-order valence-corrected chi connectivity index (χ4v) is 1.74. The van der Waals surface area contributed by atoms with Crippen LogP contribution in [0, 0.1) is 5.82 Å². The van der Waals surface area contributed by atoms with Gasteiger partial charge in [-0.3, -0.25) is 0 Å². The molecule has 0 bridgehead atoms. The van der Waals surface area contributed by atoms with Gasteiger partial charge in [-0.05, 0) is 23.8 Å². The lowest BCUT2D eigenvalue weighted by Crippen LogP contribution is -1.89. The van der Waals surface area contributed by atoms with Crippen molar-refractivity contribution in [2.24, 2.45) is 5.16 Å². The summed E-state index contributed by atoms with van der Waals surface area (Å²) in [7, 11) is 0. The van der Waals surface area contributed by atoms with Crippen LogP contribution in [0.25, 0.3) is 0 Å². The lowest BCUT2D eigenvalue weighted by molar-refractivity contribution is 0.132. The van der Waals surface area contributed by atoms with Crippen LogP contribution in [-0.4, -0.2) is 6.21 Å². The Hall–Kier alpha value is -1.68. The van der Waals surface area contributed by atoms with Crippen molar-refractivity contribution in [3.8, 4) is 0 Å². The number of rotatable bonds is 4. The molecule has 0 amide bonds. The van der Waals surface area contributed by atoms with Crippen LogP contribution in [-0.2, 0) is 11.4 Å². The summed E-state index contributed by atoms with van der Waals surface area (Å²) in [5.41, 5.74) is 1.53. The van der Waals surface area contributed by atoms with E-state index in [1.807, 2.05) is 24.3 Å². The highest BCUT2D eigenvalue weighted by molar-refractivity contribution is 9.10. The largest absolute Gasteiger partial charge is 0.390 e. The van der Waals surface area contributed by atoms with Gasteiger partial charge in [-0.25, -0.2) is 4.39 Å². The van der Waals surface area contributed by atoms with Gasteiger partial charge in [-0.1, -0.05) is 51.4 Å². The zero-order chi connectivity index (χ0) is 12.8. The Balaban J connectivity index is 1.91. The van der Waals surface area contributed by atoms with Gasteiger partial charge in [0.05, 0.1) is 0 Å². The molecule has 0 saturated heterocycles. The number of benzene rings is 2. The molecule has 18 heavy (non-hydrogen) atoms. The zero-order valence-electron chi connectivity index (χ0n) is 9.44. The Kier molecular flexibility index (Phi) is 4.47. The van der Waals surface area contributed by atoms with Crippen LogP contribution >= 0.6 is 15.9 Å². The van der Waals surface area contributed by atoms with Crippen molar-refractivity contribution in [3.63, 3.8) is 0 Å². The van der Waals surface area contributed by atoms with Crippen molar-refractivity contribution in [2.75, 3.05) is 0 Å². The summed E-state index contributed by atoms with van der Waals surface area (Å²) in [5, 5.41) is 3.72. The highest BCUT2D eigenvalue weighted by Gasteiger charge is 1.96. The molecule has 0 aliphatic heterocycles. The molecular weight excluding hydrogens is 297 g/mol. The van der Waals surface area contributed by atoms with E-state index in [9.17, 15) is 4.39 Å². The average molecular weight is 307 g/mol. The second-order valence-electron chi connectivity index (χ2n) is 3.59. The molecule has 0 atom stereocenters. The molecule has 0 aromatic heterocycles. The maximum Gasteiger partial charge on any atom is 0.142 e. The van der Waals surface area contributed by atoms with Crippen molar-refractivity contribution < 1.29 is 9.23 Å². The van der Waals surface area contributed by atoms with Gasteiger partial charge in [-0.2, -0.15) is 0 Å². The predicted octanol–water partition coefficient (Wildman–Crippen LogP) is 4.02. The van der Waals surface area contributed by atoms with Crippen LogP contribution in [0.3, 0.4) is 0 Å². The Morgan fingerprint density at radius 2 is 2.00 bits per heavy atom. The number of halogens is 2. The smallest absolute Gasteiger partial charge is 0.142 e. The number of hydrogen-bond acceptors (Lipinski definition) is 2. The lowest BCUT2D eigenvalue weighted by atomic mass is 10.2. The molecule has 0 unspecified atom stereocenters. The molecule has 0 fully saturated rings. The minimum Gasteiger partial charge on any atom is -0.390 e. The normalized spacial score (nSPS) is 10.8. The molecular formula is C14H10BrFNO. The highest BCUT2D eigenvalue weighted by Crippen LogP contribution is 2.13. The zero-order valence-corrected chi connectivity index (χ0v) is 11.0. The van der Waals surface area contributed by atoms with E-state index < -0.39 is 0 Å². The summed E-state index contributed by atoms with van der Waals surface area (Å²) in [4.78, 5) is 5.06. The summed E-state index contributed by atoms with van der Waals surface area (Å²) >= 11 is 3.38. The van der Waals surface area contributed by atoms with E-state index >= 15 is 0 Å². The molecule has 2 aromatic carbocycles. The van der Waals surface area contributed by atoms with Crippen LogP contribution in [0.15, 0.2) is 58.2 Å². The average Bonchev–Trinajstić information content (AvgIpc) is 2.37. The molecule has 1 radical (unpaired) electrons. The molecule has 0 N–H and O–H groups in total. The van der Waals surface area contributed by atoms with Gasteiger partial charge in [0.15, 0.2) is 0 Å². The molecule has 2 nitrogen and oxygen atoms in total. The first kappa shape index (κ1) is 12.8. The third kappa shape index (κ3) is 3.67. The van der Waals surface area contributed by atoms with Crippen molar-refractivity contribution in [2.45, 2.75) is 6.61 Å². The third-order valence-electron chi connectivity index (χ3n) is 2.22.